The molecule has 0 aliphatic carbocycles. The second-order valence-electron chi connectivity index (χ2n) is 3.37. The first kappa shape index (κ1) is 9.26. The van der Waals surface area contributed by atoms with E-state index in [1.165, 1.54) is 5.69 Å². The number of hydrogen-bond donors (Lipinski definition) is 1. The van der Waals surface area contributed by atoms with Crippen molar-refractivity contribution in [3.05, 3.63) is 17.5 Å². The molecule has 0 saturated carbocycles. The lowest BCUT2D eigenvalue weighted by Crippen LogP contribution is -2.06. The molecule has 1 rings (SSSR count). The van der Waals surface area contributed by atoms with Crippen LogP contribution >= 0.6 is 0 Å². The molecule has 3 heteroatoms. The topological polar surface area (TPSA) is 29.9 Å². The Hall–Kier alpha value is -0.830. The van der Waals surface area contributed by atoms with Crippen molar-refractivity contribution in [2.24, 2.45) is 7.05 Å². The molecule has 0 saturated heterocycles. The van der Waals surface area contributed by atoms with Crippen LogP contribution in [0.15, 0.2) is 6.07 Å². The van der Waals surface area contributed by atoms with Crippen molar-refractivity contribution in [3.63, 3.8) is 0 Å². The summed E-state index contributed by atoms with van der Waals surface area (Å²) in [4.78, 5) is 0. The van der Waals surface area contributed by atoms with Crippen molar-refractivity contribution < 1.29 is 0 Å². The van der Waals surface area contributed by atoms with Crippen molar-refractivity contribution in [1.29, 1.82) is 0 Å². The largest absolute Gasteiger partial charge is 0.314 e. The predicted molar refractivity (Wildman–Crippen MR) is 50.1 cm³/mol. The molecule has 0 atom stereocenters. The molecule has 0 radical (unpaired) electrons. The molecule has 1 aromatic rings. The summed E-state index contributed by atoms with van der Waals surface area (Å²) in [5.41, 5.74) is 2.41. The first-order valence-electron chi connectivity index (χ1n) is 4.32. The van der Waals surface area contributed by atoms with E-state index in [-0.39, 0.29) is 0 Å². The lowest BCUT2D eigenvalue weighted by atomic mass is 10.1. The van der Waals surface area contributed by atoms with Crippen LogP contribution in [-0.2, 0) is 13.6 Å². The van der Waals surface area contributed by atoms with Crippen LogP contribution in [0.2, 0.25) is 0 Å². The molecule has 0 bridgehead atoms. The maximum Gasteiger partial charge on any atom is 0.0765 e. The Labute approximate surface area is 73.8 Å². The van der Waals surface area contributed by atoms with Gasteiger partial charge in [-0.1, -0.05) is 13.8 Å². The van der Waals surface area contributed by atoms with Crippen LogP contribution in [0.5, 0.6) is 0 Å². The maximum absolute atomic E-state index is 4.38. The summed E-state index contributed by atoms with van der Waals surface area (Å²) in [7, 11) is 3.93. The van der Waals surface area contributed by atoms with Gasteiger partial charge in [0, 0.05) is 19.3 Å². The molecule has 0 fully saturated rings. The second kappa shape index (κ2) is 3.72. The molecule has 0 spiro atoms. The van der Waals surface area contributed by atoms with Gasteiger partial charge in [-0.2, -0.15) is 5.10 Å². The van der Waals surface area contributed by atoms with E-state index in [0.29, 0.717) is 5.92 Å². The summed E-state index contributed by atoms with van der Waals surface area (Å²) >= 11 is 0. The molecule has 0 aliphatic heterocycles. The number of aryl methyl sites for hydroxylation is 1. The van der Waals surface area contributed by atoms with E-state index >= 15 is 0 Å². The highest BCUT2D eigenvalue weighted by molar-refractivity contribution is 5.13. The minimum atomic E-state index is 0.549. The van der Waals surface area contributed by atoms with Gasteiger partial charge in [0.05, 0.1) is 5.69 Å². The monoisotopic (exact) mass is 167 g/mol. The van der Waals surface area contributed by atoms with Crippen LogP contribution in [0.25, 0.3) is 0 Å². The molecule has 0 unspecified atom stereocenters. The Morgan fingerprint density at radius 2 is 2.25 bits per heavy atom. The Kier molecular flexibility index (Phi) is 2.87. The fraction of sp³-hybridized carbons (Fsp3) is 0.667. The molecule has 1 aromatic heterocycles. The van der Waals surface area contributed by atoms with Gasteiger partial charge in [0.1, 0.15) is 0 Å². The SMILES string of the molecule is CNCc1cc(C(C)C)n(C)n1. The van der Waals surface area contributed by atoms with Crippen molar-refractivity contribution >= 4 is 0 Å². The molecular formula is C9H17N3. The van der Waals surface area contributed by atoms with Gasteiger partial charge in [-0.15, -0.1) is 0 Å². The normalized spacial score (nSPS) is 11.1. The summed E-state index contributed by atoms with van der Waals surface area (Å²) in [6.45, 7) is 5.21. The Balaban J connectivity index is 2.85. The highest BCUT2D eigenvalue weighted by Gasteiger charge is 2.06. The molecule has 68 valence electrons. The van der Waals surface area contributed by atoms with Gasteiger partial charge in [-0.3, -0.25) is 4.68 Å². The standard InChI is InChI=1S/C9H17N3/c1-7(2)9-5-8(6-10-3)11-12(9)4/h5,7,10H,6H2,1-4H3. The molecule has 0 aliphatic rings. The van der Waals surface area contributed by atoms with E-state index in [4.69, 9.17) is 0 Å². The van der Waals surface area contributed by atoms with Gasteiger partial charge in [0.15, 0.2) is 0 Å². The summed E-state index contributed by atoms with van der Waals surface area (Å²) in [6.07, 6.45) is 0. The fourth-order valence-corrected chi connectivity index (χ4v) is 1.35. The first-order chi connectivity index (χ1) is 5.65. The third-order valence-electron chi connectivity index (χ3n) is 1.92. The van der Waals surface area contributed by atoms with Crippen molar-refractivity contribution in [1.82, 2.24) is 15.1 Å². The third kappa shape index (κ3) is 1.85. The highest BCUT2D eigenvalue weighted by Crippen LogP contribution is 2.14. The van der Waals surface area contributed by atoms with Gasteiger partial charge in [0.25, 0.3) is 0 Å². The molecule has 1 N–H and O–H groups in total. The summed E-state index contributed by atoms with van der Waals surface area (Å²) in [6, 6.07) is 2.15. The molecule has 3 nitrogen and oxygen atoms in total. The lowest BCUT2D eigenvalue weighted by molar-refractivity contribution is 0.654. The van der Waals surface area contributed by atoms with Gasteiger partial charge < -0.3 is 5.32 Å². The smallest absolute Gasteiger partial charge is 0.0765 e. The highest BCUT2D eigenvalue weighted by atomic mass is 15.3. The van der Waals surface area contributed by atoms with Crippen molar-refractivity contribution in [2.75, 3.05) is 7.05 Å². The van der Waals surface area contributed by atoms with Crippen LogP contribution in [0.1, 0.15) is 31.2 Å². The zero-order valence-corrected chi connectivity index (χ0v) is 8.26. The lowest BCUT2D eigenvalue weighted by Gasteiger charge is -2.02. The van der Waals surface area contributed by atoms with E-state index in [1.807, 2.05) is 18.8 Å². The second-order valence-corrected chi connectivity index (χ2v) is 3.37. The maximum atomic E-state index is 4.38. The van der Waals surface area contributed by atoms with E-state index in [2.05, 4.69) is 30.3 Å². The average molecular weight is 167 g/mol. The molecule has 12 heavy (non-hydrogen) atoms. The van der Waals surface area contributed by atoms with Crippen LogP contribution in [-0.4, -0.2) is 16.8 Å². The summed E-state index contributed by atoms with van der Waals surface area (Å²) < 4.78 is 1.96. The van der Waals surface area contributed by atoms with E-state index in [9.17, 15) is 0 Å². The fourth-order valence-electron chi connectivity index (χ4n) is 1.35. The zero-order valence-electron chi connectivity index (χ0n) is 8.26. The minimum Gasteiger partial charge on any atom is -0.314 e. The Morgan fingerprint density at radius 3 is 2.67 bits per heavy atom. The predicted octanol–water partition coefficient (Wildman–Crippen LogP) is 1.26. The zero-order chi connectivity index (χ0) is 9.14. The number of nitrogens with one attached hydrogen (secondary N) is 1. The van der Waals surface area contributed by atoms with Crippen molar-refractivity contribution in [3.8, 4) is 0 Å². The van der Waals surface area contributed by atoms with Gasteiger partial charge >= 0.3 is 0 Å². The number of aromatic nitrogens is 2. The van der Waals surface area contributed by atoms with Crippen molar-refractivity contribution in [2.45, 2.75) is 26.3 Å². The quantitative estimate of drug-likeness (QED) is 0.734. The minimum absolute atomic E-state index is 0.549. The number of hydrogen-bond acceptors (Lipinski definition) is 2. The first-order valence-corrected chi connectivity index (χ1v) is 4.32. The van der Waals surface area contributed by atoms with Crippen LogP contribution < -0.4 is 5.32 Å². The van der Waals surface area contributed by atoms with Gasteiger partial charge in [0.2, 0.25) is 0 Å². The Bertz CT molecular complexity index is 250. The third-order valence-corrected chi connectivity index (χ3v) is 1.92. The summed E-state index contributed by atoms with van der Waals surface area (Å²) in [5, 5.41) is 7.46. The van der Waals surface area contributed by atoms with Crippen LogP contribution in [0.4, 0.5) is 0 Å². The van der Waals surface area contributed by atoms with E-state index in [0.717, 1.165) is 12.2 Å². The molecule has 0 amide bonds. The van der Waals surface area contributed by atoms with Gasteiger partial charge in [-0.25, -0.2) is 0 Å². The van der Waals surface area contributed by atoms with E-state index < -0.39 is 0 Å². The Morgan fingerprint density at radius 1 is 1.58 bits per heavy atom. The average Bonchev–Trinajstić information content (AvgIpc) is 2.32. The van der Waals surface area contributed by atoms with E-state index in [1.54, 1.807) is 0 Å². The summed E-state index contributed by atoms with van der Waals surface area (Å²) in [5.74, 6) is 0.549. The van der Waals surface area contributed by atoms with Crippen LogP contribution in [0, 0.1) is 0 Å². The molecule has 0 aromatic carbocycles. The number of nitrogens with zero attached hydrogens (tertiary/aromatic N) is 2. The van der Waals surface area contributed by atoms with Gasteiger partial charge in [-0.05, 0) is 19.0 Å². The number of rotatable bonds is 3. The molecular weight excluding hydrogens is 150 g/mol. The van der Waals surface area contributed by atoms with Crippen LogP contribution in [0.3, 0.4) is 0 Å². The molecule has 1 heterocycles.